The van der Waals surface area contributed by atoms with Crippen LogP contribution in [-0.4, -0.2) is 23.9 Å². The summed E-state index contributed by atoms with van der Waals surface area (Å²) in [6.07, 6.45) is 4.57. The number of anilines is 1. The first-order chi connectivity index (χ1) is 12.1. The van der Waals surface area contributed by atoms with Crippen molar-refractivity contribution in [2.45, 2.75) is 32.1 Å². The first-order valence-electron chi connectivity index (χ1n) is 8.97. The van der Waals surface area contributed by atoms with E-state index in [1.807, 2.05) is 53.4 Å². The lowest BCUT2D eigenvalue weighted by molar-refractivity contribution is -0.131. The van der Waals surface area contributed by atoms with Crippen molar-refractivity contribution in [3.8, 4) is 0 Å². The van der Waals surface area contributed by atoms with Crippen molar-refractivity contribution in [3.63, 3.8) is 0 Å². The Hall–Kier alpha value is -1.71. The van der Waals surface area contributed by atoms with Crippen molar-refractivity contribution in [2.75, 3.05) is 18.8 Å². The van der Waals surface area contributed by atoms with Crippen LogP contribution >= 0.6 is 24.0 Å². The number of amides is 1. The smallest absolute Gasteiger partial charge is 0.222 e. The largest absolute Gasteiger partial charge is 0.399 e. The molecule has 0 atom stereocenters. The summed E-state index contributed by atoms with van der Waals surface area (Å²) < 4.78 is 0. The summed E-state index contributed by atoms with van der Waals surface area (Å²) in [6, 6.07) is 15.7. The second-order valence-electron chi connectivity index (χ2n) is 6.86. The minimum Gasteiger partial charge on any atom is -0.399 e. The quantitative estimate of drug-likeness (QED) is 0.658. The SMILES string of the molecule is Cl.Nc1ccccc1CCC(=O)N(CCc1ccc(Cl)cc1)CC1CC1. The highest BCUT2D eigenvalue weighted by atomic mass is 35.5. The fourth-order valence-electron chi connectivity index (χ4n) is 3.01. The van der Waals surface area contributed by atoms with Crippen LogP contribution in [0.25, 0.3) is 0 Å². The Morgan fingerprint density at radius 3 is 2.42 bits per heavy atom. The van der Waals surface area contributed by atoms with Crippen LogP contribution in [0.4, 0.5) is 5.69 Å². The molecule has 3 rings (SSSR count). The van der Waals surface area contributed by atoms with Crippen molar-refractivity contribution in [1.29, 1.82) is 0 Å². The van der Waals surface area contributed by atoms with Crippen LogP contribution in [0.2, 0.25) is 5.02 Å². The van der Waals surface area contributed by atoms with Gasteiger partial charge in [0.15, 0.2) is 0 Å². The molecule has 0 heterocycles. The summed E-state index contributed by atoms with van der Waals surface area (Å²) in [6.45, 7) is 1.65. The Morgan fingerprint density at radius 1 is 1.08 bits per heavy atom. The average Bonchev–Trinajstić information content (AvgIpc) is 3.43. The van der Waals surface area contributed by atoms with Crippen LogP contribution in [0, 0.1) is 5.92 Å². The molecule has 1 aliphatic rings. The summed E-state index contributed by atoms with van der Waals surface area (Å²) in [7, 11) is 0. The predicted octanol–water partition coefficient (Wildman–Crippen LogP) is 4.76. The minimum atomic E-state index is 0. The zero-order chi connectivity index (χ0) is 17.6. The third-order valence-corrected chi connectivity index (χ3v) is 5.03. The molecule has 26 heavy (non-hydrogen) atoms. The number of hydrogen-bond acceptors (Lipinski definition) is 2. The van der Waals surface area contributed by atoms with Crippen LogP contribution in [0.1, 0.15) is 30.4 Å². The van der Waals surface area contributed by atoms with Crippen LogP contribution in [0.3, 0.4) is 0 Å². The Kier molecular flexibility index (Phi) is 7.80. The predicted molar refractivity (Wildman–Crippen MR) is 111 cm³/mol. The van der Waals surface area contributed by atoms with Crippen molar-refractivity contribution < 1.29 is 4.79 Å². The molecule has 1 fully saturated rings. The number of aryl methyl sites for hydroxylation is 1. The van der Waals surface area contributed by atoms with E-state index in [4.69, 9.17) is 17.3 Å². The normalized spacial score (nSPS) is 13.1. The maximum absolute atomic E-state index is 12.7. The minimum absolute atomic E-state index is 0. The van der Waals surface area contributed by atoms with E-state index >= 15 is 0 Å². The van der Waals surface area contributed by atoms with E-state index in [9.17, 15) is 4.79 Å². The highest BCUT2D eigenvalue weighted by Crippen LogP contribution is 2.30. The molecular formula is C21H26Cl2N2O. The molecule has 0 radical (unpaired) electrons. The molecule has 0 aromatic heterocycles. The Bertz CT molecular complexity index is 714. The molecular weight excluding hydrogens is 367 g/mol. The van der Waals surface area contributed by atoms with E-state index in [-0.39, 0.29) is 18.3 Å². The van der Waals surface area contributed by atoms with Gasteiger partial charge in [0.05, 0.1) is 0 Å². The summed E-state index contributed by atoms with van der Waals surface area (Å²) >= 11 is 5.94. The van der Waals surface area contributed by atoms with E-state index in [1.165, 1.54) is 18.4 Å². The molecule has 0 saturated heterocycles. The molecule has 0 bridgehead atoms. The van der Waals surface area contributed by atoms with Crippen LogP contribution in [-0.2, 0) is 17.6 Å². The maximum Gasteiger partial charge on any atom is 0.222 e. The lowest BCUT2D eigenvalue weighted by atomic mass is 10.1. The zero-order valence-corrected chi connectivity index (χ0v) is 16.4. The summed E-state index contributed by atoms with van der Waals surface area (Å²) in [5.41, 5.74) is 9.02. The van der Waals surface area contributed by atoms with Crippen LogP contribution < -0.4 is 5.73 Å². The number of carbonyl (C=O) groups is 1. The first-order valence-corrected chi connectivity index (χ1v) is 9.35. The van der Waals surface area contributed by atoms with E-state index in [0.717, 1.165) is 35.8 Å². The fraction of sp³-hybridized carbons (Fsp3) is 0.381. The maximum atomic E-state index is 12.7. The Balaban J connectivity index is 0.00000243. The van der Waals surface area contributed by atoms with E-state index in [0.29, 0.717) is 18.8 Å². The van der Waals surface area contributed by atoms with Gasteiger partial charge < -0.3 is 10.6 Å². The van der Waals surface area contributed by atoms with Crippen LogP contribution in [0.5, 0.6) is 0 Å². The molecule has 1 saturated carbocycles. The average molecular weight is 393 g/mol. The molecule has 5 heteroatoms. The van der Waals surface area contributed by atoms with Gasteiger partial charge in [-0.1, -0.05) is 41.9 Å². The number of rotatable bonds is 8. The number of benzene rings is 2. The number of para-hydroxylation sites is 1. The van der Waals surface area contributed by atoms with Gasteiger partial charge in [-0.25, -0.2) is 0 Å². The lowest BCUT2D eigenvalue weighted by Crippen LogP contribution is -2.35. The number of halogens is 2. The second-order valence-corrected chi connectivity index (χ2v) is 7.29. The third kappa shape index (κ3) is 6.22. The van der Waals surface area contributed by atoms with Gasteiger partial charge in [-0.2, -0.15) is 0 Å². The molecule has 140 valence electrons. The molecule has 0 aliphatic heterocycles. The monoisotopic (exact) mass is 392 g/mol. The van der Waals surface area contributed by atoms with Gasteiger partial charge in [0.25, 0.3) is 0 Å². The van der Waals surface area contributed by atoms with Gasteiger partial charge in [0.1, 0.15) is 0 Å². The molecule has 3 nitrogen and oxygen atoms in total. The number of nitrogens with zero attached hydrogens (tertiary/aromatic N) is 1. The Morgan fingerprint density at radius 2 is 1.77 bits per heavy atom. The summed E-state index contributed by atoms with van der Waals surface area (Å²) in [4.78, 5) is 14.8. The number of nitrogen functional groups attached to an aromatic ring is 1. The number of hydrogen-bond donors (Lipinski definition) is 1. The summed E-state index contributed by atoms with van der Waals surface area (Å²) in [5, 5.41) is 0.745. The Labute approximate surface area is 166 Å². The van der Waals surface area contributed by atoms with E-state index < -0.39 is 0 Å². The second kappa shape index (κ2) is 9.84. The van der Waals surface area contributed by atoms with Gasteiger partial charge in [-0.3, -0.25) is 4.79 Å². The summed E-state index contributed by atoms with van der Waals surface area (Å²) in [5.74, 6) is 0.917. The van der Waals surface area contributed by atoms with Gasteiger partial charge in [0, 0.05) is 30.2 Å². The standard InChI is InChI=1S/C21H25ClN2O.ClH/c22-19-10-7-16(8-11-19)13-14-24(15-17-5-6-17)21(25)12-9-18-3-1-2-4-20(18)23;/h1-4,7-8,10-11,17H,5-6,9,12-15,23H2;1H. The van der Waals surface area contributed by atoms with Gasteiger partial charge in [-0.15, -0.1) is 12.4 Å². The third-order valence-electron chi connectivity index (χ3n) is 4.78. The topological polar surface area (TPSA) is 46.3 Å². The molecule has 2 N–H and O–H groups in total. The van der Waals surface area contributed by atoms with Crippen molar-refractivity contribution in [2.24, 2.45) is 5.92 Å². The molecule has 0 spiro atoms. The first kappa shape index (κ1) is 20.6. The lowest BCUT2D eigenvalue weighted by Gasteiger charge is -2.23. The van der Waals surface area contributed by atoms with Crippen molar-refractivity contribution in [3.05, 3.63) is 64.7 Å². The molecule has 1 aliphatic carbocycles. The van der Waals surface area contributed by atoms with Gasteiger partial charge in [0.2, 0.25) is 5.91 Å². The molecule has 0 unspecified atom stereocenters. The van der Waals surface area contributed by atoms with Gasteiger partial charge in [-0.05, 0) is 60.9 Å². The molecule has 2 aromatic rings. The van der Waals surface area contributed by atoms with Crippen LogP contribution in [0.15, 0.2) is 48.5 Å². The molecule has 1 amide bonds. The highest BCUT2D eigenvalue weighted by molar-refractivity contribution is 6.30. The highest BCUT2D eigenvalue weighted by Gasteiger charge is 2.26. The van der Waals surface area contributed by atoms with E-state index in [2.05, 4.69) is 0 Å². The van der Waals surface area contributed by atoms with Gasteiger partial charge >= 0.3 is 0 Å². The van der Waals surface area contributed by atoms with E-state index in [1.54, 1.807) is 0 Å². The fourth-order valence-corrected chi connectivity index (χ4v) is 3.13. The molecule has 2 aromatic carbocycles. The van der Waals surface area contributed by atoms with Crippen molar-refractivity contribution in [1.82, 2.24) is 4.90 Å². The number of carbonyl (C=O) groups excluding carboxylic acids is 1. The zero-order valence-electron chi connectivity index (χ0n) is 14.9. The van der Waals surface area contributed by atoms with Crippen molar-refractivity contribution >= 4 is 35.6 Å². The number of nitrogens with two attached hydrogens (primary N) is 1.